The number of pyridine rings is 1. The van der Waals surface area contributed by atoms with Crippen molar-refractivity contribution in [2.45, 2.75) is 18.8 Å². The van der Waals surface area contributed by atoms with Gasteiger partial charge in [0, 0.05) is 23.7 Å². The average Bonchev–Trinajstić information content (AvgIpc) is 3.06. The third kappa shape index (κ3) is 3.11. The van der Waals surface area contributed by atoms with Crippen molar-refractivity contribution in [2.75, 3.05) is 13.1 Å². The van der Waals surface area contributed by atoms with Crippen molar-refractivity contribution in [1.82, 2.24) is 24.9 Å². The van der Waals surface area contributed by atoms with Crippen LogP contribution in [0, 0.1) is 0 Å². The first-order valence-corrected chi connectivity index (χ1v) is 8.97. The van der Waals surface area contributed by atoms with E-state index in [4.69, 9.17) is 0 Å². The van der Waals surface area contributed by atoms with Gasteiger partial charge in [-0.15, -0.1) is 17.5 Å². The molecule has 1 aromatic carbocycles. The van der Waals surface area contributed by atoms with Gasteiger partial charge in [0.2, 0.25) is 0 Å². The monoisotopic (exact) mass is 381 g/mol. The van der Waals surface area contributed by atoms with Crippen molar-refractivity contribution >= 4 is 29.1 Å². The molecule has 6 nitrogen and oxygen atoms in total. The summed E-state index contributed by atoms with van der Waals surface area (Å²) in [7, 11) is 0. The van der Waals surface area contributed by atoms with Gasteiger partial charge >= 0.3 is 0 Å². The molecule has 0 atom stereocenters. The molecule has 1 aliphatic rings. The van der Waals surface area contributed by atoms with E-state index < -0.39 is 0 Å². The SMILES string of the molecule is Cl.O=c1cc(C2CCNCC2)n2nc3ncc(-c4ccccc4)cc3c2[nH]1. The van der Waals surface area contributed by atoms with Crippen LogP contribution in [0.1, 0.15) is 24.5 Å². The predicted molar refractivity (Wildman–Crippen MR) is 109 cm³/mol. The maximum atomic E-state index is 12.3. The molecule has 0 radical (unpaired) electrons. The van der Waals surface area contributed by atoms with E-state index in [-0.39, 0.29) is 18.0 Å². The minimum atomic E-state index is -0.0852. The van der Waals surface area contributed by atoms with Gasteiger partial charge in [0.05, 0.1) is 11.1 Å². The van der Waals surface area contributed by atoms with Crippen LogP contribution in [-0.2, 0) is 0 Å². The van der Waals surface area contributed by atoms with Crippen molar-refractivity contribution in [3.63, 3.8) is 0 Å². The first-order chi connectivity index (χ1) is 12.8. The molecule has 0 aliphatic carbocycles. The number of H-pyrrole nitrogens is 1. The first-order valence-electron chi connectivity index (χ1n) is 8.97. The Morgan fingerprint density at radius 2 is 1.81 bits per heavy atom. The third-order valence-corrected chi connectivity index (χ3v) is 5.16. The normalized spacial score (nSPS) is 15.1. The first kappa shape index (κ1) is 17.7. The molecule has 27 heavy (non-hydrogen) atoms. The van der Waals surface area contributed by atoms with Gasteiger partial charge < -0.3 is 10.3 Å². The third-order valence-electron chi connectivity index (χ3n) is 5.16. The summed E-state index contributed by atoms with van der Waals surface area (Å²) >= 11 is 0. The highest BCUT2D eigenvalue weighted by Gasteiger charge is 2.21. The van der Waals surface area contributed by atoms with Gasteiger partial charge in [-0.2, -0.15) is 0 Å². The van der Waals surface area contributed by atoms with Crippen molar-refractivity contribution in [3.8, 4) is 11.1 Å². The summed E-state index contributed by atoms with van der Waals surface area (Å²) < 4.78 is 1.88. The second kappa shape index (κ2) is 7.13. The van der Waals surface area contributed by atoms with Crippen LogP contribution in [0.2, 0.25) is 0 Å². The van der Waals surface area contributed by atoms with Crippen LogP contribution < -0.4 is 10.9 Å². The standard InChI is InChI=1S/C20H19N5O.ClH/c26-18-11-17(14-6-8-21-9-7-14)25-20(23-18)16-10-15(12-22-19(16)24-25)13-4-2-1-3-5-13;/h1-5,10-12,14,21H,6-9H2,(H,23,26);1H. The van der Waals surface area contributed by atoms with Gasteiger partial charge in [0.15, 0.2) is 5.65 Å². The van der Waals surface area contributed by atoms with Crippen molar-refractivity contribution in [1.29, 1.82) is 0 Å². The summed E-state index contributed by atoms with van der Waals surface area (Å²) in [6, 6.07) is 13.9. The number of nitrogens with zero attached hydrogens (tertiary/aromatic N) is 3. The zero-order chi connectivity index (χ0) is 17.5. The number of hydrogen-bond acceptors (Lipinski definition) is 4. The summed E-state index contributed by atoms with van der Waals surface area (Å²) in [4.78, 5) is 19.8. The number of aromatic amines is 1. The second-order valence-electron chi connectivity index (χ2n) is 6.80. The lowest BCUT2D eigenvalue weighted by atomic mass is 9.94. The van der Waals surface area contributed by atoms with E-state index >= 15 is 0 Å². The Labute approximate surface area is 162 Å². The summed E-state index contributed by atoms with van der Waals surface area (Å²) in [6.07, 6.45) is 3.86. The van der Waals surface area contributed by atoms with E-state index in [0.29, 0.717) is 11.6 Å². The number of rotatable bonds is 2. The summed E-state index contributed by atoms with van der Waals surface area (Å²) in [5.41, 5.74) is 4.38. The Kier molecular flexibility index (Phi) is 4.68. The zero-order valence-electron chi connectivity index (χ0n) is 14.7. The minimum Gasteiger partial charge on any atom is -0.317 e. The van der Waals surface area contributed by atoms with Crippen LogP contribution in [-0.4, -0.2) is 32.7 Å². The number of aromatic nitrogens is 4. The van der Waals surface area contributed by atoms with Gasteiger partial charge in [-0.25, -0.2) is 9.50 Å². The number of hydrogen-bond donors (Lipinski definition) is 2. The molecule has 0 saturated carbocycles. The van der Waals surface area contributed by atoms with Crippen LogP contribution in [0.5, 0.6) is 0 Å². The van der Waals surface area contributed by atoms with Gasteiger partial charge in [-0.3, -0.25) is 4.79 Å². The zero-order valence-corrected chi connectivity index (χ0v) is 15.5. The van der Waals surface area contributed by atoms with Crippen molar-refractivity contribution in [2.24, 2.45) is 0 Å². The van der Waals surface area contributed by atoms with Crippen LogP contribution in [0.4, 0.5) is 0 Å². The number of benzene rings is 1. The fourth-order valence-electron chi connectivity index (χ4n) is 3.82. The fraction of sp³-hybridized carbons (Fsp3) is 0.250. The molecule has 3 aromatic heterocycles. The highest BCUT2D eigenvalue weighted by atomic mass is 35.5. The molecule has 1 saturated heterocycles. The molecule has 4 heterocycles. The Morgan fingerprint density at radius 1 is 1.04 bits per heavy atom. The van der Waals surface area contributed by atoms with E-state index in [2.05, 4.69) is 38.6 Å². The largest absolute Gasteiger partial charge is 0.317 e. The molecule has 138 valence electrons. The Balaban J connectivity index is 0.00000180. The highest BCUT2D eigenvalue weighted by Crippen LogP contribution is 2.28. The molecule has 1 fully saturated rings. The smallest absolute Gasteiger partial charge is 0.251 e. The highest BCUT2D eigenvalue weighted by molar-refractivity contribution is 5.92. The minimum absolute atomic E-state index is 0. The Hall–Kier alpha value is -2.70. The lowest BCUT2D eigenvalue weighted by molar-refractivity contribution is 0.446. The van der Waals surface area contributed by atoms with Crippen LogP contribution in [0.25, 0.3) is 27.8 Å². The average molecular weight is 382 g/mol. The fourth-order valence-corrected chi connectivity index (χ4v) is 3.82. The van der Waals surface area contributed by atoms with Crippen LogP contribution in [0.3, 0.4) is 0 Å². The second-order valence-corrected chi connectivity index (χ2v) is 6.80. The summed E-state index contributed by atoms with van der Waals surface area (Å²) in [5, 5.41) is 8.93. The molecule has 2 N–H and O–H groups in total. The molecule has 0 unspecified atom stereocenters. The topological polar surface area (TPSA) is 75.1 Å². The van der Waals surface area contributed by atoms with Gasteiger partial charge in [0.1, 0.15) is 5.65 Å². The Bertz CT molecular complexity index is 1150. The number of halogens is 1. The maximum absolute atomic E-state index is 12.3. The van der Waals surface area contributed by atoms with E-state index in [9.17, 15) is 4.79 Å². The van der Waals surface area contributed by atoms with Gasteiger partial charge in [-0.05, 0) is 37.6 Å². The quantitative estimate of drug-likeness (QED) is 0.559. The Morgan fingerprint density at radius 3 is 2.59 bits per heavy atom. The molecular weight excluding hydrogens is 362 g/mol. The number of nitrogens with one attached hydrogen (secondary N) is 2. The molecule has 0 bridgehead atoms. The van der Waals surface area contributed by atoms with Crippen LogP contribution >= 0.6 is 12.4 Å². The lowest BCUT2D eigenvalue weighted by Crippen LogP contribution is -2.28. The number of piperidine rings is 1. The maximum Gasteiger partial charge on any atom is 0.251 e. The van der Waals surface area contributed by atoms with E-state index in [0.717, 1.165) is 53.8 Å². The van der Waals surface area contributed by atoms with Crippen LogP contribution in [0.15, 0.2) is 53.5 Å². The molecule has 0 spiro atoms. The molecule has 0 amide bonds. The van der Waals surface area contributed by atoms with E-state index in [1.165, 1.54) is 0 Å². The molecule has 7 heteroatoms. The molecule has 4 aromatic rings. The molecule has 5 rings (SSSR count). The van der Waals surface area contributed by atoms with E-state index in [1.54, 1.807) is 6.07 Å². The van der Waals surface area contributed by atoms with Crippen molar-refractivity contribution < 1.29 is 0 Å². The lowest BCUT2D eigenvalue weighted by Gasteiger charge is -2.22. The molecular formula is C20H20ClN5O. The summed E-state index contributed by atoms with van der Waals surface area (Å²) in [5.74, 6) is 0.337. The molecule has 1 aliphatic heterocycles. The predicted octanol–water partition coefficient (Wildman–Crippen LogP) is 3.13. The van der Waals surface area contributed by atoms with Gasteiger partial charge in [0.25, 0.3) is 5.56 Å². The van der Waals surface area contributed by atoms with E-state index in [1.807, 2.05) is 28.9 Å². The summed E-state index contributed by atoms with van der Waals surface area (Å²) in [6.45, 7) is 1.94. The van der Waals surface area contributed by atoms with Crippen molar-refractivity contribution in [3.05, 3.63) is 64.7 Å². The van der Waals surface area contributed by atoms with Gasteiger partial charge in [-0.1, -0.05) is 30.3 Å². The number of fused-ring (bicyclic) bond motifs is 3.